The molecule has 2 rings (SSSR count). The molecule has 0 amide bonds. The quantitative estimate of drug-likeness (QED) is 0.679. The van der Waals surface area contributed by atoms with E-state index in [1.165, 1.54) is 0 Å². The van der Waals surface area contributed by atoms with Gasteiger partial charge in [0.05, 0.1) is 6.61 Å². The minimum atomic E-state index is -4.24. The van der Waals surface area contributed by atoms with E-state index in [9.17, 15) is 13.2 Å². The SMILES string of the molecule is FC(F)(F)C1CNCC2(CCCC2)CO1. The molecule has 0 aromatic carbocycles. The standard InChI is InChI=1S/C10H16F3NO/c11-10(12,13)8-5-14-6-9(7-15-8)3-1-2-4-9/h8,14H,1-7H2. The van der Waals surface area contributed by atoms with Crippen LogP contribution in [0, 0.1) is 5.41 Å². The van der Waals surface area contributed by atoms with Crippen LogP contribution in [-0.4, -0.2) is 32.0 Å². The smallest absolute Gasteiger partial charge is 0.367 e. The second-order valence-corrected chi connectivity index (χ2v) is 4.68. The Hall–Kier alpha value is -0.290. The fraction of sp³-hybridized carbons (Fsp3) is 1.00. The van der Waals surface area contributed by atoms with Crippen LogP contribution in [0.25, 0.3) is 0 Å². The second kappa shape index (κ2) is 3.94. The summed E-state index contributed by atoms with van der Waals surface area (Å²) < 4.78 is 42.3. The molecule has 1 aliphatic carbocycles. The first-order valence-electron chi connectivity index (χ1n) is 5.41. The Kier molecular flexibility index (Phi) is 2.94. The molecule has 5 heteroatoms. The van der Waals surface area contributed by atoms with Crippen molar-refractivity contribution in [2.45, 2.75) is 38.0 Å². The largest absolute Gasteiger partial charge is 0.415 e. The number of hydrogen-bond acceptors (Lipinski definition) is 2. The van der Waals surface area contributed by atoms with Crippen LogP contribution < -0.4 is 5.32 Å². The Bertz CT molecular complexity index is 223. The molecule has 0 aromatic heterocycles. The van der Waals surface area contributed by atoms with Crippen molar-refractivity contribution in [1.82, 2.24) is 5.32 Å². The van der Waals surface area contributed by atoms with Gasteiger partial charge in [0, 0.05) is 18.5 Å². The summed E-state index contributed by atoms with van der Waals surface area (Å²) in [5.74, 6) is 0. The molecular formula is C10H16F3NO. The maximum atomic E-state index is 12.4. The van der Waals surface area contributed by atoms with Gasteiger partial charge in [-0.15, -0.1) is 0 Å². The van der Waals surface area contributed by atoms with Crippen LogP contribution in [0.4, 0.5) is 13.2 Å². The van der Waals surface area contributed by atoms with E-state index in [2.05, 4.69) is 5.32 Å². The van der Waals surface area contributed by atoms with Crippen LogP contribution in [0.1, 0.15) is 25.7 Å². The van der Waals surface area contributed by atoms with Gasteiger partial charge in [-0.2, -0.15) is 13.2 Å². The van der Waals surface area contributed by atoms with Gasteiger partial charge in [0.2, 0.25) is 0 Å². The zero-order valence-electron chi connectivity index (χ0n) is 8.57. The topological polar surface area (TPSA) is 21.3 Å². The van der Waals surface area contributed by atoms with Gasteiger partial charge in [0.15, 0.2) is 6.10 Å². The summed E-state index contributed by atoms with van der Waals surface area (Å²) in [4.78, 5) is 0. The Morgan fingerprint density at radius 1 is 1.20 bits per heavy atom. The average Bonchev–Trinajstić information content (AvgIpc) is 2.45. The minimum absolute atomic E-state index is 0.0278. The van der Waals surface area contributed by atoms with E-state index in [0.717, 1.165) is 25.7 Å². The molecule has 1 heterocycles. The Morgan fingerprint density at radius 3 is 2.47 bits per heavy atom. The summed E-state index contributed by atoms with van der Waals surface area (Å²) in [5, 5.41) is 2.89. The lowest BCUT2D eigenvalue weighted by atomic mass is 9.87. The Labute approximate surface area is 87.2 Å². The molecule has 15 heavy (non-hydrogen) atoms. The zero-order chi connectivity index (χ0) is 10.9. The normalized spacial score (nSPS) is 31.8. The van der Waals surface area contributed by atoms with Crippen molar-refractivity contribution in [2.24, 2.45) is 5.41 Å². The highest BCUT2D eigenvalue weighted by Gasteiger charge is 2.45. The number of alkyl halides is 3. The number of halogens is 3. The summed E-state index contributed by atoms with van der Waals surface area (Å²) in [6.07, 6.45) is -1.66. The molecule has 1 N–H and O–H groups in total. The highest BCUT2D eigenvalue weighted by molar-refractivity contribution is 4.90. The molecule has 2 nitrogen and oxygen atoms in total. The fourth-order valence-electron chi connectivity index (χ4n) is 2.51. The summed E-state index contributed by atoms with van der Waals surface area (Å²) in [6, 6.07) is 0. The number of nitrogens with one attached hydrogen (secondary N) is 1. The van der Waals surface area contributed by atoms with Crippen molar-refractivity contribution in [1.29, 1.82) is 0 Å². The van der Waals surface area contributed by atoms with Gasteiger partial charge >= 0.3 is 6.18 Å². The molecule has 1 spiro atoms. The van der Waals surface area contributed by atoms with Crippen LogP contribution >= 0.6 is 0 Å². The van der Waals surface area contributed by atoms with Crippen molar-refractivity contribution in [3.63, 3.8) is 0 Å². The lowest BCUT2D eigenvalue weighted by Crippen LogP contribution is -2.38. The first-order chi connectivity index (χ1) is 7.02. The van der Waals surface area contributed by atoms with Gasteiger partial charge in [0.1, 0.15) is 0 Å². The van der Waals surface area contributed by atoms with E-state index in [0.29, 0.717) is 6.54 Å². The van der Waals surface area contributed by atoms with Crippen molar-refractivity contribution in [2.75, 3.05) is 19.7 Å². The van der Waals surface area contributed by atoms with Gasteiger partial charge in [-0.3, -0.25) is 0 Å². The van der Waals surface area contributed by atoms with Crippen LogP contribution in [-0.2, 0) is 4.74 Å². The fourth-order valence-corrected chi connectivity index (χ4v) is 2.51. The number of rotatable bonds is 0. The maximum absolute atomic E-state index is 12.4. The van der Waals surface area contributed by atoms with Gasteiger partial charge < -0.3 is 10.1 Å². The van der Waals surface area contributed by atoms with E-state index in [1.54, 1.807) is 0 Å². The first kappa shape index (κ1) is 11.2. The third-order valence-electron chi connectivity index (χ3n) is 3.45. The van der Waals surface area contributed by atoms with Crippen molar-refractivity contribution >= 4 is 0 Å². The molecule has 1 aliphatic heterocycles. The van der Waals surface area contributed by atoms with E-state index in [-0.39, 0.29) is 18.6 Å². The summed E-state index contributed by atoms with van der Waals surface area (Å²) in [6.45, 7) is 0.814. The molecule has 2 fully saturated rings. The van der Waals surface area contributed by atoms with E-state index >= 15 is 0 Å². The molecule has 1 saturated heterocycles. The summed E-state index contributed by atoms with van der Waals surface area (Å²) in [7, 11) is 0. The lowest BCUT2D eigenvalue weighted by molar-refractivity contribution is -0.220. The highest BCUT2D eigenvalue weighted by Crippen LogP contribution is 2.39. The predicted molar refractivity (Wildman–Crippen MR) is 49.6 cm³/mol. The third-order valence-corrected chi connectivity index (χ3v) is 3.45. The third kappa shape index (κ3) is 2.45. The van der Waals surface area contributed by atoms with Crippen molar-refractivity contribution in [3.05, 3.63) is 0 Å². The van der Waals surface area contributed by atoms with Gasteiger partial charge in [-0.1, -0.05) is 12.8 Å². The minimum Gasteiger partial charge on any atom is -0.367 e. The predicted octanol–water partition coefficient (Wildman–Crippen LogP) is 2.10. The lowest BCUT2D eigenvalue weighted by Gasteiger charge is -2.26. The average molecular weight is 223 g/mol. The molecule has 1 atom stereocenters. The number of hydrogen-bond donors (Lipinski definition) is 1. The van der Waals surface area contributed by atoms with Crippen molar-refractivity contribution in [3.8, 4) is 0 Å². The molecule has 0 radical (unpaired) electrons. The molecule has 88 valence electrons. The molecule has 0 bridgehead atoms. The summed E-state index contributed by atoms with van der Waals surface area (Å²) in [5.41, 5.74) is -0.0278. The highest BCUT2D eigenvalue weighted by atomic mass is 19.4. The van der Waals surface area contributed by atoms with Crippen molar-refractivity contribution < 1.29 is 17.9 Å². The van der Waals surface area contributed by atoms with Gasteiger partial charge in [0.25, 0.3) is 0 Å². The monoisotopic (exact) mass is 223 g/mol. The molecule has 1 saturated carbocycles. The Balaban J connectivity index is 1.97. The van der Waals surface area contributed by atoms with Crippen LogP contribution in [0.15, 0.2) is 0 Å². The second-order valence-electron chi connectivity index (χ2n) is 4.68. The van der Waals surface area contributed by atoms with Gasteiger partial charge in [-0.25, -0.2) is 0 Å². The van der Waals surface area contributed by atoms with E-state index in [1.807, 2.05) is 0 Å². The first-order valence-corrected chi connectivity index (χ1v) is 5.41. The molecule has 1 unspecified atom stereocenters. The maximum Gasteiger partial charge on any atom is 0.415 e. The Morgan fingerprint density at radius 2 is 1.87 bits per heavy atom. The molecule has 2 aliphatic rings. The van der Waals surface area contributed by atoms with Gasteiger partial charge in [-0.05, 0) is 12.8 Å². The summed E-state index contributed by atoms with van der Waals surface area (Å²) >= 11 is 0. The molecular weight excluding hydrogens is 207 g/mol. The number of ether oxygens (including phenoxy) is 1. The zero-order valence-corrected chi connectivity index (χ0v) is 8.57. The van der Waals surface area contributed by atoms with E-state index < -0.39 is 12.3 Å². The van der Waals surface area contributed by atoms with E-state index in [4.69, 9.17) is 4.74 Å². The van der Waals surface area contributed by atoms with Crippen LogP contribution in [0.5, 0.6) is 0 Å². The van der Waals surface area contributed by atoms with Crippen LogP contribution in [0.3, 0.4) is 0 Å². The van der Waals surface area contributed by atoms with Crippen LogP contribution in [0.2, 0.25) is 0 Å². The molecule has 0 aromatic rings.